The standard InChI is InChI=1S/C14H17BrN4OS/c1-9(8-20)17-13-12(15)7-16-14(19-13)18-10-3-5-11(21-2)6-4-10/h3-7,9,20H,8H2,1-2H3,(H2,16,17,18,19). The Hall–Kier alpha value is -1.31. The number of hydrogen-bond acceptors (Lipinski definition) is 6. The Balaban J connectivity index is 2.14. The van der Waals surface area contributed by atoms with E-state index in [9.17, 15) is 0 Å². The first-order chi connectivity index (χ1) is 10.1. The number of aromatic nitrogens is 2. The molecule has 1 aromatic carbocycles. The number of aliphatic hydroxyl groups is 1. The summed E-state index contributed by atoms with van der Waals surface area (Å²) in [7, 11) is 0. The number of thioether (sulfide) groups is 1. The van der Waals surface area contributed by atoms with Crippen LogP contribution in [0.2, 0.25) is 0 Å². The van der Waals surface area contributed by atoms with Gasteiger partial charge in [0.1, 0.15) is 5.82 Å². The van der Waals surface area contributed by atoms with Gasteiger partial charge in [-0.05, 0) is 53.4 Å². The minimum absolute atomic E-state index is 0.0371. The van der Waals surface area contributed by atoms with Crippen LogP contribution in [0.15, 0.2) is 39.8 Å². The van der Waals surface area contributed by atoms with Gasteiger partial charge in [-0.25, -0.2) is 4.98 Å². The lowest BCUT2D eigenvalue weighted by molar-refractivity contribution is 0.281. The average Bonchev–Trinajstić information content (AvgIpc) is 2.51. The van der Waals surface area contributed by atoms with E-state index in [-0.39, 0.29) is 12.6 Å². The minimum Gasteiger partial charge on any atom is -0.394 e. The highest BCUT2D eigenvalue weighted by Crippen LogP contribution is 2.23. The maximum absolute atomic E-state index is 9.10. The average molecular weight is 369 g/mol. The van der Waals surface area contributed by atoms with E-state index in [1.165, 1.54) is 4.90 Å². The smallest absolute Gasteiger partial charge is 0.229 e. The first kappa shape index (κ1) is 16.1. The van der Waals surface area contributed by atoms with Gasteiger partial charge in [-0.15, -0.1) is 11.8 Å². The van der Waals surface area contributed by atoms with Crippen LogP contribution in [0.5, 0.6) is 0 Å². The van der Waals surface area contributed by atoms with Gasteiger partial charge in [-0.2, -0.15) is 4.98 Å². The SMILES string of the molecule is CSc1ccc(Nc2ncc(Br)c(NC(C)CO)n2)cc1. The molecule has 0 aliphatic carbocycles. The molecule has 0 saturated carbocycles. The van der Waals surface area contributed by atoms with Gasteiger partial charge < -0.3 is 15.7 Å². The molecule has 1 unspecified atom stereocenters. The molecule has 1 atom stereocenters. The summed E-state index contributed by atoms with van der Waals surface area (Å²) in [6.07, 6.45) is 3.72. The summed E-state index contributed by atoms with van der Waals surface area (Å²) in [5.41, 5.74) is 0.927. The third-order valence-electron chi connectivity index (χ3n) is 2.75. The molecular formula is C14H17BrN4OS. The van der Waals surface area contributed by atoms with Gasteiger partial charge in [0.25, 0.3) is 0 Å². The van der Waals surface area contributed by atoms with Crippen molar-refractivity contribution in [2.45, 2.75) is 17.9 Å². The van der Waals surface area contributed by atoms with Crippen molar-refractivity contribution >= 4 is 45.1 Å². The lowest BCUT2D eigenvalue weighted by atomic mass is 10.3. The van der Waals surface area contributed by atoms with Crippen LogP contribution in [0.25, 0.3) is 0 Å². The third-order valence-corrected chi connectivity index (χ3v) is 4.07. The fourth-order valence-electron chi connectivity index (χ4n) is 1.61. The highest BCUT2D eigenvalue weighted by atomic mass is 79.9. The fourth-order valence-corrected chi connectivity index (χ4v) is 2.32. The number of benzene rings is 1. The number of anilines is 3. The maximum atomic E-state index is 9.10. The Morgan fingerprint density at radius 2 is 2.05 bits per heavy atom. The fraction of sp³-hybridized carbons (Fsp3) is 0.286. The number of halogens is 1. The van der Waals surface area contributed by atoms with E-state index in [4.69, 9.17) is 5.11 Å². The summed E-state index contributed by atoms with van der Waals surface area (Å²) >= 11 is 5.09. The second-order valence-electron chi connectivity index (χ2n) is 4.47. The Morgan fingerprint density at radius 3 is 2.67 bits per heavy atom. The van der Waals surface area contributed by atoms with E-state index in [0.717, 1.165) is 10.2 Å². The number of hydrogen-bond donors (Lipinski definition) is 3. The molecule has 0 spiro atoms. The lowest BCUT2D eigenvalue weighted by Crippen LogP contribution is -2.20. The van der Waals surface area contributed by atoms with E-state index in [1.807, 2.05) is 37.4 Å². The molecule has 7 heteroatoms. The van der Waals surface area contributed by atoms with E-state index >= 15 is 0 Å². The summed E-state index contributed by atoms with van der Waals surface area (Å²) in [6, 6.07) is 7.98. The summed E-state index contributed by atoms with van der Waals surface area (Å²) < 4.78 is 0.756. The van der Waals surface area contributed by atoms with Crippen LogP contribution >= 0.6 is 27.7 Å². The van der Waals surface area contributed by atoms with Crippen LogP contribution in [0, 0.1) is 0 Å². The summed E-state index contributed by atoms with van der Waals surface area (Å²) in [6.45, 7) is 1.91. The largest absolute Gasteiger partial charge is 0.394 e. The van der Waals surface area contributed by atoms with Crippen molar-refractivity contribution in [1.82, 2.24) is 9.97 Å². The Kier molecular flexibility index (Phi) is 5.84. The molecule has 5 nitrogen and oxygen atoms in total. The van der Waals surface area contributed by atoms with Gasteiger partial charge in [0.2, 0.25) is 5.95 Å². The molecule has 0 aliphatic heterocycles. The molecule has 0 fully saturated rings. The molecule has 2 rings (SSSR count). The first-order valence-corrected chi connectivity index (χ1v) is 8.45. The predicted octanol–water partition coefficient (Wildman–Crippen LogP) is 3.50. The summed E-state index contributed by atoms with van der Waals surface area (Å²) in [5.74, 6) is 1.15. The van der Waals surface area contributed by atoms with Crippen molar-refractivity contribution in [2.24, 2.45) is 0 Å². The van der Waals surface area contributed by atoms with Gasteiger partial charge in [0.05, 0.1) is 11.1 Å². The van der Waals surface area contributed by atoms with Gasteiger partial charge >= 0.3 is 0 Å². The number of rotatable bonds is 6. The van der Waals surface area contributed by atoms with Crippen molar-refractivity contribution in [3.05, 3.63) is 34.9 Å². The predicted molar refractivity (Wildman–Crippen MR) is 91.4 cm³/mol. The van der Waals surface area contributed by atoms with Crippen molar-refractivity contribution in [1.29, 1.82) is 0 Å². The van der Waals surface area contributed by atoms with Gasteiger partial charge in [-0.1, -0.05) is 0 Å². The van der Waals surface area contributed by atoms with Gasteiger partial charge in [0, 0.05) is 22.8 Å². The van der Waals surface area contributed by atoms with Crippen LogP contribution in [-0.4, -0.2) is 34.0 Å². The molecule has 2 aromatic rings. The molecule has 0 aliphatic rings. The molecule has 1 heterocycles. The normalized spacial score (nSPS) is 12.0. The molecule has 0 saturated heterocycles. The van der Waals surface area contributed by atoms with E-state index < -0.39 is 0 Å². The first-order valence-electron chi connectivity index (χ1n) is 6.43. The summed E-state index contributed by atoms with van der Waals surface area (Å²) in [5, 5.41) is 15.4. The number of nitrogens with one attached hydrogen (secondary N) is 2. The third kappa shape index (κ3) is 4.59. The maximum Gasteiger partial charge on any atom is 0.229 e. The molecule has 0 radical (unpaired) electrons. The van der Waals surface area contributed by atoms with Crippen molar-refractivity contribution in [2.75, 3.05) is 23.5 Å². The highest BCUT2D eigenvalue weighted by molar-refractivity contribution is 9.10. The van der Waals surface area contributed by atoms with Crippen molar-refractivity contribution in [3.63, 3.8) is 0 Å². The van der Waals surface area contributed by atoms with Gasteiger partial charge in [0.15, 0.2) is 0 Å². The zero-order chi connectivity index (χ0) is 15.2. The van der Waals surface area contributed by atoms with Crippen LogP contribution in [0.1, 0.15) is 6.92 Å². The topological polar surface area (TPSA) is 70.1 Å². The van der Waals surface area contributed by atoms with Gasteiger partial charge in [-0.3, -0.25) is 0 Å². The van der Waals surface area contributed by atoms with E-state index in [0.29, 0.717) is 11.8 Å². The zero-order valence-electron chi connectivity index (χ0n) is 11.8. The summed E-state index contributed by atoms with van der Waals surface area (Å²) in [4.78, 5) is 9.84. The molecule has 0 amide bonds. The highest BCUT2D eigenvalue weighted by Gasteiger charge is 2.08. The molecule has 3 N–H and O–H groups in total. The second kappa shape index (κ2) is 7.63. The quantitative estimate of drug-likeness (QED) is 0.677. The molecule has 0 bridgehead atoms. The van der Waals surface area contributed by atoms with Crippen molar-refractivity contribution < 1.29 is 5.11 Å². The second-order valence-corrected chi connectivity index (χ2v) is 6.21. The number of aliphatic hydroxyl groups excluding tert-OH is 1. The Labute approximate surface area is 136 Å². The van der Waals surface area contributed by atoms with Crippen LogP contribution in [0.4, 0.5) is 17.5 Å². The minimum atomic E-state index is -0.0788. The number of nitrogens with zero attached hydrogens (tertiary/aromatic N) is 2. The molecule has 21 heavy (non-hydrogen) atoms. The molecule has 1 aromatic heterocycles. The monoisotopic (exact) mass is 368 g/mol. The molecular weight excluding hydrogens is 352 g/mol. The van der Waals surface area contributed by atoms with E-state index in [2.05, 4.69) is 36.5 Å². The Bertz CT molecular complexity index is 594. The Morgan fingerprint density at radius 1 is 1.33 bits per heavy atom. The van der Waals surface area contributed by atoms with Crippen LogP contribution < -0.4 is 10.6 Å². The van der Waals surface area contributed by atoms with Crippen molar-refractivity contribution in [3.8, 4) is 0 Å². The van der Waals surface area contributed by atoms with Crippen LogP contribution in [0.3, 0.4) is 0 Å². The molecule has 112 valence electrons. The van der Waals surface area contributed by atoms with Crippen LogP contribution in [-0.2, 0) is 0 Å². The zero-order valence-corrected chi connectivity index (χ0v) is 14.2. The van der Waals surface area contributed by atoms with E-state index in [1.54, 1.807) is 18.0 Å². The lowest BCUT2D eigenvalue weighted by Gasteiger charge is -2.14.